The van der Waals surface area contributed by atoms with Crippen molar-refractivity contribution in [1.82, 2.24) is 0 Å². The largest absolute Gasteiger partial charge is 0.508 e. The lowest BCUT2D eigenvalue weighted by Crippen LogP contribution is -2.30. The van der Waals surface area contributed by atoms with Crippen LogP contribution in [0.1, 0.15) is 104 Å². The van der Waals surface area contributed by atoms with Gasteiger partial charge in [0.2, 0.25) is 0 Å². The predicted octanol–water partition coefficient (Wildman–Crippen LogP) is 10.3. The van der Waals surface area contributed by atoms with Gasteiger partial charge in [-0.3, -0.25) is 0 Å². The van der Waals surface area contributed by atoms with Gasteiger partial charge < -0.3 is 29.9 Å². The van der Waals surface area contributed by atoms with Crippen molar-refractivity contribution in [3.05, 3.63) is 117 Å². The summed E-state index contributed by atoms with van der Waals surface area (Å²) in [5.41, 5.74) is 7.10. The fourth-order valence-corrected chi connectivity index (χ4v) is 5.56. The van der Waals surface area contributed by atoms with Crippen LogP contribution in [-0.4, -0.2) is 33.0 Å². The normalized spacial score (nSPS) is 16.7. The lowest BCUT2D eigenvalue weighted by molar-refractivity contribution is -0.201. The molecule has 4 N–H and O–H groups in total. The third-order valence-corrected chi connectivity index (χ3v) is 8.42. The molecule has 1 atom stereocenters. The quantitative estimate of drug-likeness (QED) is 0.0708. The molecule has 1 heterocycles. The number of hydrogen-bond donors (Lipinski definition) is 4. The third-order valence-electron chi connectivity index (χ3n) is 8.42. The Balaban J connectivity index is 1.88. The molecule has 0 aliphatic carbocycles. The minimum atomic E-state index is -1.75. The molecule has 2 aromatic carbocycles. The molecular formula is C42H54O7. The van der Waals surface area contributed by atoms with Crippen molar-refractivity contribution in [1.29, 1.82) is 0 Å². The number of esters is 1. The summed E-state index contributed by atoms with van der Waals surface area (Å²) in [4.78, 5) is 13.3. The zero-order valence-electron chi connectivity index (χ0n) is 30.0. The minimum Gasteiger partial charge on any atom is -0.508 e. The molecule has 0 unspecified atom stereocenters. The molecule has 1 aliphatic heterocycles. The third kappa shape index (κ3) is 12.8. The number of benzene rings is 2. The van der Waals surface area contributed by atoms with E-state index in [0.717, 1.165) is 37.7 Å². The van der Waals surface area contributed by atoms with Gasteiger partial charge in [0.05, 0.1) is 12.2 Å². The highest BCUT2D eigenvalue weighted by atomic mass is 16.7. The van der Waals surface area contributed by atoms with Gasteiger partial charge in [-0.15, -0.1) is 0 Å². The summed E-state index contributed by atoms with van der Waals surface area (Å²) in [5.74, 6) is -2.44. The molecule has 1 aliphatic rings. The highest BCUT2D eigenvalue weighted by Crippen LogP contribution is 2.43. The van der Waals surface area contributed by atoms with Gasteiger partial charge in [-0.25, -0.2) is 4.79 Å². The lowest BCUT2D eigenvalue weighted by Gasteiger charge is -2.28. The number of carbonyl (C=O) groups is 1. The van der Waals surface area contributed by atoms with Gasteiger partial charge in [-0.2, -0.15) is 0 Å². The molecule has 0 aromatic heterocycles. The van der Waals surface area contributed by atoms with Crippen LogP contribution in [0, 0.1) is 0 Å². The van der Waals surface area contributed by atoms with Crippen molar-refractivity contribution in [2.75, 3.05) is 6.61 Å². The Kier molecular flexibility index (Phi) is 15.0. The second-order valence-electron chi connectivity index (χ2n) is 13.4. The molecule has 49 heavy (non-hydrogen) atoms. The molecule has 0 bridgehead atoms. The molecule has 0 saturated carbocycles. The summed E-state index contributed by atoms with van der Waals surface area (Å²) in [5, 5.41) is 41.6. The van der Waals surface area contributed by atoms with Crippen molar-refractivity contribution in [2.24, 2.45) is 0 Å². The first kappa shape index (κ1) is 39.0. The number of aromatic hydroxyl groups is 4. The molecule has 0 radical (unpaired) electrons. The molecule has 7 nitrogen and oxygen atoms in total. The Labute approximate surface area is 292 Å². The van der Waals surface area contributed by atoms with E-state index in [4.69, 9.17) is 9.47 Å². The summed E-state index contributed by atoms with van der Waals surface area (Å²) in [6, 6.07) is 8.46. The summed E-state index contributed by atoms with van der Waals surface area (Å²) < 4.78 is 12.4. The Morgan fingerprint density at radius 3 is 1.92 bits per heavy atom. The average Bonchev–Trinajstić information content (AvgIpc) is 3.36. The van der Waals surface area contributed by atoms with Crippen molar-refractivity contribution >= 4 is 5.97 Å². The van der Waals surface area contributed by atoms with Crippen molar-refractivity contribution in [3.63, 3.8) is 0 Å². The Bertz CT molecular complexity index is 1630. The minimum absolute atomic E-state index is 0.0414. The van der Waals surface area contributed by atoms with Gasteiger partial charge in [0.15, 0.2) is 0 Å². The van der Waals surface area contributed by atoms with Gasteiger partial charge >= 0.3 is 5.97 Å². The maximum absolute atomic E-state index is 13.3. The van der Waals surface area contributed by atoms with Crippen LogP contribution in [0.4, 0.5) is 0 Å². The molecule has 3 rings (SSSR count). The zero-order chi connectivity index (χ0) is 36.0. The maximum Gasteiger partial charge on any atom is 0.336 e. The standard InChI is InChI=1S/C42H54O7/c1-29(2)11-7-13-31(5)15-9-17-33(19-20-34-25-36(43)21-23-39(34)45)28-48-42(38-26-37(44)22-24-40(38)46)27-35(41(47)49-42)18-10-16-32(6)14-8-12-30(3)4/h11-12,15-16,19,21-27,43-46H,7-10,13-14,17-18,20,28H2,1-6H3/b31-15+,32-16+,33-19-/t42-/m0/s1. The van der Waals surface area contributed by atoms with E-state index in [2.05, 4.69) is 65.8 Å². The highest BCUT2D eigenvalue weighted by molar-refractivity contribution is 5.91. The number of allylic oxidation sites excluding steroid dienone is 9. The average molecular weight is 671 g/mol. The summed E-state index contributed by atoms with van der Waals surface area (Å²) >= 11 is 0. The van der Waals surface area contributed by atoms with Gasteiger partial charge in [0.1, 0.15) is 23.0 Å². The molecule has 0 fully saturated rings. The second kappa shape index (κ2) is 18.9. The molecule has 0 saturated heterocycles. The molecule has 264 valence electrons. The SMILES string of the molecule is CC(C)=CCC/C(C)=C/CCC1=C[C@@](OC/C(=C\Cc2cc(O)ccc2O)CC/C=C(\C)CCC=C(C)C)(c2cc(O)ccc2O)OC1=O. The van der Waals surface area contributed by atoms with Crippen LogP contribution in [-0.2, 0) is 26.5 Å². The van der Waals surface area contributed by atoms with E-state index in [1.54, 1.807) is 6.08 Å². The van der Waals surface area contributed by atoms with E-state index in [0.29, 0.717) is 36.8 Å². The van der Waals surface area contributed by atoms with Crippen molar-refractivity contribution < 1.29 is 34.7 Å². The first-order valence-electron chi connectivity index (χ1n) is 17.2. The van der Waals surface area contributed by atoms with Crippen LogP contribution in [0.25, 0.3) is 0 Å². The number of cyclic esters (lactones) is 1. The summed E-state index contributed by atoms with van der Waals surface area (Å²) in [7, 11) is 0. The number of phenolic OH excluding ortho intramolecular Hbond substituents is 4. The monoisotopic (exact) mass is 670 g/mol. The number of ether oxygens (including phenoxy) is 2. The highest BCUT2D eigenvalue weighted by Gasteiger charge is 2.45. The zero-order valence-corrected chi connectivity index (χ0v) is 30.0. The van der Waals surface area contributed by atoms with Gasteiger partial charge in [0.25, 0.3) is 5.79 Å². The van der Waals surface area contributed by atoms with Crippen molar-refractivity contribution in [2.45, 2.75) is 105 Å². The summed E-state index contributed by atoms with van der Waals surface area (Å²) in [6.45, 7) is 12.6. The summed E-state index contributed by atoms with van der Waals surface area (Å²) in [6.07, 6.45) is 19.0. The van der Waals surface area contributed by atoms with Crippen LogP contribution < -0.4 is 0 Å². The number of rotatable bonds is 18. The van der Waals surface area contributed by atoms with Crippen LogP contribution in [0.15, 0.2) is 106 Å². The fourth-order valence-electron chi connectivity index (χ4n) is 5.56. The lowest BCUT2D eigenvalue weighted by atomic mass is 10.00. The van der Waals surface area contributed by atoms with Crippen LogP contribution in [0.2, 0.25) is 0 Å². The van der Waals surface area contributed by atoms with Crippen LogP contribution in [0.5, 0.6) is 23.0 Å². The Hall–Kier alpha value is -4.49. The smallest absolute Gasteiger partial charge is 0.336 e. The van der Waals surface area contributed by atoms with Crippen LogP contribution >= 0.6 is 0 Å². The maximum atomic E-state index is 13.3. The Morgan fingerprint density at radius 2 is 1.29 bits per heavy atom. The van der Waals surface area contributed by atoms with E-state index in [-0.39, 0.29) is 35.2 Å². The molecular weight excluding hydrogens is 616 g/mol. The van der Waals surface area contributed by atoms with E-state index in [9.17, 15) is 25.2 Å². The molecule has 0 amide bonds. The van der Waals surface area contributed by atoms with Gasteiger partial charge in [-0.05, 0) is 141 Å². The first-order valence-corrected chi connectivity index (χ1v) is 17.2. The van der Waals surface area contributed by atoms with Crippen LogP contribution in [0.3, 0.4) is 0 Å². The number of phenols is 4. The predicted molar refractivity (Wildman–Crippen MR) is 196 cm³/mol. The topological polar surface area (TPSA) is 116 Å². The molecule has 7 heteroatoms. The van der Waals surface area contributed by atoms with E-state index in [1.165, 1.54) is 58.7 Å². The van der Waals surface area contributed by atoms with E-state index >= 15 is 0 Å². The molecule has 0 spiro atoms. The second-order valence-corrected chi connectivity index (χ2v) is 13.4. The number of carbonyl (C=O) groups excluding carboxylic acids is 1. The van der Waals surface area contributed by atoms with Gasteiger partial charge in [0, 0.05) is 17.2 Å². The molecule has 2 aromatic rings. The van der Waals surface area contributed by atoms with E-state index in [1.807, 2.05) is 6.08 Å². The van der Waals surface area contributed by atoms with Crippen molar-refractivity contribution in [3.8, 4) is 23.0 Å². The number of hydrogen-bond acceptors (Lipinski definition) is 7. The fraction of sp³-hybridized carbons (Fsp3) is 0.405. The first-order chi connectivity index (χ1) is 23.3. The van der Waals surface area contributed by atoms with E-state index < -0.39 is 11.8 Å². The van der Waals surface area contributed by atoms with Gasteiger partial charge in [-0.1, -0.05) is 52.7 Å². The Morgan fingerprint density at radius 1 is 0.714 bits per heavy atom.